The molecule has 1 heterocycles. The summed E-state index contributed by atoms with van der Waals surface area (Å²) in [6.07, 6.45) is 5.06. The highest BCUT2D eigenvalue weighted by atomic mass is 35.5. The summed E-state index contributed by atoms with van der Waals surface area (Å²) in [5.41, 5.74) is 3.24. The predicted molar refractivity (Wildman–Crippen MR) is 167 cm³/mol. The van der Waals surface area contributed by atoms with Gasteiger partial charge in [-0.3, -0.25) is 4.79 Å². The molecule has 0 aromatic heterocycles. The van der Waals surface area contributed by atoms with Crippen LogP contribution in [0.5, 0.6) is 5.75 Å². The number of ether oxygens (including phenoxy) is 1. The van der Waals surface area contributed by atoms with Gasteiger partial charge in [0.25, 0.3) is 0 Å². The minimum atomic E-state index is -3.71. The number of carbonyl (C=O) groups is 2. The maximum absolute atomic E-state index is 13.0. The molecular formula is C32H42ClN3O6S. The fourth-order valence-electron chi connectivity index (χ4n) is 7.02. The smallest absolute Gasteiger partial charge is 0.335 e. The minimum absolute atomic E-state index is 0.0929. The number of amides is 1. The molecule has 234 valence electrons. The number of halogens is 1. The highest BCUT2D eigenvalue weighted by molar-refractivity contribution is 7.89. The second-order valence-corrected chi connectivity index (χ2v) is 15.3. The Bertz CT molecular complexity index is 1500. The van der Waals surface area contributed by atoms with Crippen LogP contribution < -0.4 is 14.8 Å². The van der Waals surface area contributed by atoms with Gasteiger partial charge in [0, 0.05) is 43.5 Å². The number of aromatic carboxylic acids is 1. The molecule has 2 aliphatic carbocycles. The second-order valence-electron chi connectivity index (χ2n) is 12.9. The van der Waals surface area contributed by atoms with E-state index in [9.17, 15) is 23.1 Å². The number of hydrogen-bond donors (Lipinski definition) is 2. The summed E-state index contributed by atoms with van der Waals surface area (Å²) in [4.78, 5) is 29.0. The molecule has 5 rings (SSSR count). The summed E-state index contributed by atoms with van der Waals surface area (Å²) in [7, 11) is -1.94. The van der Waals surface area contributed by atoms with Gasteiger partial charge in [-0.15, -0.1) is 0 Å². The SMILES string of the molecule is C[C@@H](CC(=O)N(C)C[C@@H]1CC[C@H]1CN1C[C@@]2(CCCc3cc(Cl)ccc32)COc2ccc(C(=O)O)cc21)[C@H](C)S(N)(=O)=O. The third kappa shape index (κ3) is 6.66. The van der Waals surface area contributed by atoms with Gasteiger partial charge in [-0.2, -0.15) is 0 Å². The number of carboxylic acid groups (broad SMARTS) is 1. The number of nitrogens with two attached hydrogens (primary N) is 1. The van der Waals surface area contributed by atoms with Gasteiger partial charge in [0.1, 0.15) is 5.75 Å². The Morgan fingerprint density at radius 2 is 1.93 bits per heavy atom. The molecule has 2 aromatic rings. The average Bonchev–Trinajstić information content (AvgIpc) is 3.09. The molecule has 3 aliphatic rings. The lowest BCUT2D eigenvalue weighted by Gasteiger charge is -2.45. The van der Waals surface area contributed by atoms with Gasteiger partial charge in [0.2, 0.25) is 15.9 Å². The predicted octanol–water partition coefficient (Wildman–Crippen LogP) is 4.70. The van der Waals surface area contributed by atoms with Crippen molar-refractivity contribution in [2.45, 2.75) is 63.0 Å². The van der Waals surface area contributed by atoms with Crippen molar-refractivity contribution >= 4 is 39.2 Å². The number of hydrogen-bond acceptors (Lipinski definition) is 6. The number of rotatable bonds is 9. The number of carboxylic acids is 1. The number of carbonyl (C=O) groups excluding carboxylic acids is 1. The zero-order valence-corrected chi connectivity index (χ0v) is 26.7. The van der Waals surface area contributed by atoms with Gasteiger partial charge in [0.05, 0.1) is 23.1 Å². The Morgan fingerprint density at radius 3 is 2.60 bits per heavy atom. The van der Waals surface area contributed by atoms with E-state index in [1.165, 1.54) is 11.1 Å². The van der Waals surface area contributed by atoms with E-state index < -0.39 is 21.2 Å². The van der Waals surface area contributed by atoms with E-state index >= 15 is 0 Å². The number of benzene rings is 2. The van der Waals surface area contributed by atoms with Crippen LogP contribution in [0, 0.1) is 17.8 Å². The van der Waals surface area contributed by atoms with Crippen LogP contribution in [-0.2, 0) is 26.7 Å². The molecule has 0 unspecified atom stereocenters. The van der Waals surface area contributed by atoms with Crippen LogP contribution >= 0.6 is 11.6 Å². The largest absolute Gasteiger partial charge is 0.490 e. The number of anilines is 1. The molecule has 11 heteroatoms. The summed E-state index contributed by atoms with van der Waals surface area (Å²) in [6, 6.07) is 11.2. The monoisotopic (exact) mass is 631 g/mol. The molecular weight excluding hydrogens is 590 g/mol. The normalized spacial score (nSPS) is 24.5. The third-order valence-corrected chi connectivity index (χ3v) is 11.8. The summed E-state index contributed by atoms with van der Waals surface area (Å²) in [6.45, 7) is 5.77. The Kier molecular flexibility index (Phi) is 9.03. The molecule has 0 saturated heterocycles. The van der Waals surface area contributed by atoms with Crippen LogP contribution in [0.25, 0.3) is 0 Å². The summed E-state index contributed by atoms with van der Waals surface area (Å²) in [5, 5.41) is 15.0. The quantitative estimate of drug-likeness (QED) is 0.410. The van der Waals surface area contributed by atoms with Crippen molar-refractivity contribution in [3.63, 3.8) is 0 Å². The van der Waals surface area contributed by atoms with Crippen molar-refractivity contribution in [2.24, 2.45) is 22.9 Å². The first-order valence-electron chi connectivity index (χ1n) is 15.1. The number of sulfonamides is 1. The van der Waals surface area contributed by atoms with Crippen LogP contribution in [0.3, 0.4) is 0 Å². The van der Waals surface area contributed by atoms with Crippen LogP contribution in [0.2, 0.25) is 5.02 Å². The molecule has 3 N–H and O–H groups in total. The van der Waals surface area contributed by atoms with Gasteiger partial charge in [-0.05, 0) is 98.2 Å². The highest BCUT2D eigenvalue weighted by Crippen LogP contribution is 2.46. The van der Waals surface area contributed by atoms with Gasteiger partial charge in [-0.1, -0.05) is 24.6 Å². The maximum atomic E-state index is 13.0. The van der Waals surface area contributed by atoms with Crippen LogP contribution in [0.15, 0.2) is 36.4 Å². The fourth-order valence-corrected chi connectivity index (χ4v) is 7.96. The van der Waals surface area contributed by atoms with Crippen molar-refractivity contribution in [3.8, 4) is 5.75 Å². The molecule has 43 heavy (non-hydrogen) atoms. The summed E-state index contributed by atoms with van der Waals surface area (Å²) in [5.74, 6) is -0.186. The first-order chi connectivity index (χ1) is 20.3. The molecule has 1 saturated carbocycles. The van der Waals surface area contributed by atoms with E-state index in [0.717, 1.165) is 49.4 Å². The average molecular weight is 632 g/mol. The topological polar surface area (TPSA) is 130 Å². The minimum Gasteiger partial charge on any atom is -0.490 e. The summed E-state index contributed by atoms with van der Waals surface area (Å²) >= 11 is 6.37. The molecule has 9 nitrogen and oxygen atoms in total. The van der Waals surface area contributed by atoms with Crippen molar-refractivity contribution in [3.05, 3.63) is 58.1 Å². The standard InChI is InChI=1S/C32H42ClN3O6S/c1-20(21(2)43(34,40)41)13-30(37)35(3)16-24-6-7-25(24)17-36-18-32(12-4-5-22-14-26(33)9-10-27(22)32)19-42-29-11-8-23(31(38)39)15-28(29)36/h8-11,14-15,20-21,24-25H,4-7,12-13,16-19H2,1-3H3,(H,38,39)(H2,34,40,41)/t20-,21-,24-,25-,32-/m0/s1. The molecule has 1 aliphatic heterocycles. The lowest BCUT2D eigenvalue weighted by molar-refractivity contribution is -0.132. The van der Waals surface area contributed by atoms with E-state index in [2.05, 4.69) is 17.0 Å². The van der Waals surface area contributed by atoms with E-state index in [1.807, 2.05) is 6.07 Å². The number of primary sulfonamides is 1. The lowest BCUT2D eigenvalue weighted by atomic mass is 9.69. The van der Waals surface area contributed by atoms with Gasteiger partial charge in [0.15, 0.2) is 0 Å². The van der Waals surface area contributed by atoms with E-state index in [-0.39, 0.29) is 35.1 Å². The number of nitrogens with zero attached hydrogens (tertiary/aromatic N) is 2. The zero-order chi connectivity index (χ0) is 31.1. The zero-order valence-electron chi connectivity index (χ0n) is 25.1. The first-order valence-corrected chi connectivity index (χ1v) is 17.1. The highest BCUT2D eigenvalue weighted by Gasteiger charge is 2.43. The van der Waals surface area contributed by atoms with Crippen LogP contribution in [0.1, 0.15) is 67.4 Å². The number of fused-ring (bicyclic) bond motifs is 3. The van der Waals surface area contributed by atoms with Crippen LogP contribution in [-0.4, -0.2) is 68.8 Å². The number of aryl methyl sites for hydroxylation is 1. The molecule has 1 amide bonds. The van der Waals surface area contributed by atoms with Gasteiger partial charge >= 0.3 is 5.97 Å². The van der Waals surface area contributed by atoms with E-state index in [4.69, 9.17) is 21.5 Å². The van der Waals surface area contributed by atoms with Crippen molar-refractivity contribution in [2.75, 3.05) is 38.2 Å². The fraction of sp³-hybridized carbons (Fsp3) is 0.562. The van der Waals surface area contributed by atoms with Gasteiger partial charge in [-0.25, -0.2) is 18.4 Å². The molecule has 1 fully saturated rings. The van der Waals surface area contributed by atoms with Crippen LogP contribution in [0.4, 0.5) is 5.69 Å². The first kappa shape index (κ1) is 31.6. The van der Waals surface area contributed by atoms with E-state index in [0.29, 0.717) is 31.4 Å². The second kappa shape index (κ2) is 12.3. The van der Waals surface area contributed by atoms with E-state index in [1.54, 1.807) is 44.0 Å². The van der Waals surface area contributed by atoms with Crippen molar-refractivity contribution < 1.29 is 27.9 Å². The molecule has 5 atom stereocenters. The Labute approximate surface area is 259 Å². The Hall–Kier alpha value is -2.82. The molecule has 2 aromatic carbocycles. The van der Waals surface area contributed by atoms with Crippen molar-refractivity contribution in [1.29, 1.82) is 0 Å². The molecule has 1 spiro atoms. The lowest BCUT2D eigenvalue weighted by Crippen LogP contribution is -2.49. The Balaban J connectivity index is 1.36. The third-order valence-electron chi connectivity index (χ3n) is 10.1. The Morgan fingerprint density at radius 1 is 1.19 bits per heavy atom. The van der Waals surface area contributed by atoms with Crippen molar-refractivity contribution in [1.82, 2.24) is 4.90 Å². The van der Waals surface area contributed by atoms with Gasteiger partial charge < -0.3 is 19.6 Å². The molecule has 0 bridgehead atoms. The summed E-state index contributed by atoms with van der Waals surface area (Å²) < 4.78 is 30.0. The maximum Gasteiger partial charge on any atom is 0.335 e. The molecule has 0 radical (unpaired) electrons.